The van der Waals surface area contributed by atoms with Crippen molar-refractivity contribution in [3.63, 3.8) is 0 Å². The fraction of sp³-hybridized carbons (Fsp3) is 0.368. The lowest BCUT2D eigenvalue weighted by atomic mass is 10.1. The Balaban J connectivity index is 1.30. The van der Waals surface area contributed by atoms with Gasteiger partial charge in [0, 0.05) is 32.7 Å². The Morgan fingerprint density at radius 2 is 1.72 bits per heavy atom. The van der Waals surface area contributed by atoms with Crippen molar-refractivity contribution < 1.29 is 8.94 Å². The number of hydrogen-bond acceptors (Lipinski definition) is 6. The van der Waals surface area contributed by atoms with Crippen LogP contribution in [0, 0.1) is 6.92 Å². The number of benzene rings is 1. The summed E-state index contributed by atoms with van der Waals surface area (Å²) in [6.07, 6.45) is 1.61. The molecule has 1 aliphatic heterocycles. The third-order valence-corrected chi connectivity index (χ3v) is 4.69. The second-order valence-electron chi connectivity index (χ2n) is 6.47. The van der Waals surface area contributed by atoms with Crippen molar-refractivity contribution in [1.82, 2.24) is 19.9 Å². The van der Waals surface area contributed by atoms with E-state index in [1.807, 2.05) is 12.1 Å². The van der Waals surface area contributed by atoms with E-state index in [2.05, 4.69) is 51.1 Å². The van der Waals surface area contributed by atoms with Gasteiger partial charge >= 0.3 is 0 Å². The van der Waals surface area contributed by atoms with Crippen LogP contribution in [0.1, 0.15) is 17.0 Å². The van der Waals surface area contributed by atoms with Crippen LogP contribution >= 0.6 is 0 Å². The van der Waals surface area contributed by atoms with E-state index in [9.17, 15) is 0 Å². The van der Waals surface area contributed by atoms with Crippen molar-refractivity contribution >= 4 is 0 Å². The summed E-state index contributed by atoms with van der Waals surface area (Å²) in [5.74, 6) is 1.79. The van der Waals surface area contributed by atoms with Crippen molar-refractivity contribution in [2.75, 3.05) is 26.2 Å². The summed E-state index contributed by atoms with van der Waals surface area (Å²) in [6.45, 7) is 7.99. The molecule has 0 atom stereocenters. The van der Waals surface area contributed by atoms with Gasteiger partial charge in [-0.1, -0.05) is 29.4 Å². The first-order chi connectivity index (χ1) is 12.3. The van der Waals surface area contributed by atoms with Gasteiger partial charge in [-0.25, -0.2) is 0 Å². The number of furan rings is 1. The standard InChI is InChI=1S/C19H22N4O2/c1-15-5-2-3-6-16(15)13-22-8-10-23(11-9-22)14-18-20-19(21-25-18)17-7-4-12-24-17/h2-7,12H,8-11,13-14H2,1H3. The molecule has 1 saturated heterocycles. The molecule has 25 heavy (non-hydrogen) atoms. The maximum Gasteiger partial charge on any atom is 0.241 e. The molecule has 3 heterocycles. The van der Waals surface area contributed by atoms with E-state index in [1.54, 1.807) is 6.26 Å². The monoisotopic (exact) mass is 338 g/mol. The molecule has 6 heteroatoms. The summed E-state index contributed by atoms with van der Waals surface area (Å²) in [6, 6.07) is 12.3. The van der Waals surface area contributed by atoms with Gasteiger partial charge in [-0.3, -0.25) is 9.80 Å². The van der Waals surface area contributed by atoms with E-state index >= 15 is 0 Å². The first-order valence-electron chi connectivity index (χ1n) is 8.63. The largest absolute Gasteiger partial charge is 0.461 e. The minimum Gasteiger partial charge on any atom is -0.461 e. The third-order valence-electron chi connectivity index (χ3n) is 4.69. The van der Waals surface area contributed by atoms with Crippen LogP contribution in [0.4, 0.5) is 0 Å². The van der Waals surface area contributed by atoms with Crippen LogP contribution in [-0.4, -0.2) is 46.1 Å². The van der Waals surface area contributed by atoms with Gasteiger partial charge < -0.3 is 8.94 Å². The molecule has 0 amide bonds. The lowest BCUT2D eigenvalue weighted by Gasteiger charge is -2.34. The molecule has 0 aliphatic carbocycles. The van der Waals surface area contributed by atoms with Gasteiger partial charge in [-0.05, 0) is 30.2 Å². The summed E-state index contributed by atoms with van der Waals surface area (Å²) in [7, 11) is 0. The van der Waals surface area contributed by atoms with E-state index in [1.165, 1.54) is 11.1 Å². The van der Waals surface area contributed by atoms with Crippen molar-refractivity contribution in [2.45, 2.75) is 20.0 Å². The fourth-order valence-electron chi connectivity index (χ4n) is 3.15. The maximum atomic E-state index is 5.35. The highest BCUT2D eigenvalue weighted by Gasteiger charge is 2.20. The maximum absolute atomic E-state index is 5.35. The van der Waals surface area contributed by atoms with Crippen molar-refractivity contribution in [1.29, 1.82) is 0 Å². The van der Waals surface area contributed by atoms with Crippen LogP contribution in [0.2, 0.25) is 0 Å². The smallest absolute Gasteiger partial charge is 0.241 e. The Bertz CT molecular complexity index is 804. The Kier molecular flexibility index (Phi) is 4.63. The molecule has 0 bridgehead atoms. The number of nitrogens with zero attached hydrogens (tertiary/aromatic N) is 4. The minimum atomic E-state index is 0.512. The molecule has 0 unspecified atom stereocenters. The minimum absolute atomic E-state index is 0.512. The quantitative estimate of drug-likeness (QED) is 0.713. The van der Waals surface area contributed by atoms with Gasteiger partial charge in [0.1, 0.15) is 0 Å². The van der Waals surface area contributed by atoms with E-state index in [0.717, 1.165) is 32.7 Å². The highest BCUT2D eigenvalue weighted by Crippen LogP contribution is 2.17. The zero-order valence-electron chi connectivity index (χ0n) is 14.4. The van der Waals surface area contributed by atoms with Crippen LogP contribution in [0.5, 0.6) is 0 Å². The van der Waals surface area contributed by atoms with Gasteiger partial charge in [0.2, 0.25) is 11.7 Å². The number of aryl methyl sites for hydroxylation is 1. The Morgan fingerprint density at radius 3 is 2.44 bits per heavy atom. The number of piperazine rings is 1. The summed E-state index contributed by atoms with van der Waals surface area (Å²) < 4.78 is 10.7. The Hall–Kier alpha value is -2.44. The highest BCUT2D eigenvalue weighted by atomic mass is 16.5. The SMILES string of the molecule is Cc1ccccc1CN1CCN(Cc2nc(-c3ccco3)no2)CC1. The zero-order chi connectivity index (χ0) is 17.1. The Labute approximate surface area is 147 Å². The molecule has 0 spiro atoms. The Morgan fingerprint density at radius 1 is 0.960 bits per heavy atom. The molecule has 1 aromatic carbocycles. The molecule has 130 valence electrons. The molecular weight excluding hydrogens is 316 g/mol. The van der Waals surface area contributed by atoms with E-state index in [4.69, 9.17) is 8.94 Å². The lowest BCUT2D eigenvalue weighted by molar-refractivity contribution is 0.112. The van der Waals surface area contributed by atoms with Crippen molar-refractivity contribution in [2.24, 2.45) is 0 Å². The topological polar surface area (TPSA) is 58.5 Å². The zero-order valence-corrected chi connectivity index (χ0v) is 14.4. The number of hydrogen-bond donors (Lipinski definition) is 0. The molecule has 6 nitrogen and oxygen atoms in total. The average molecular weight is 338 g/mol. The molecule has 1 aliphatic rings. The average Bonchev–Trinajstić information content (AvgIpc) is 3.30. The molecule has 1 fully saturated rings. The molecule has 4 rings (SSSR count). The second-order valence-corrected chi connectivity index (χ2v) is 6.47. The van der Waals surface area contributed by atoms with Crippen LogP contribution < -0.4 is 0 Å². The summed E-state index contributed by atoms with van der Waals surface area (Å²) in [5.41, 5.74) is 2.78. The highest BCUT2D eigenvalue weighted by molar-refractivity contribution is 5.44. The predicted octanol–water partition coefficient (Wildman–Crippen LogP) is 2.96. The molecule has 0 saturated carbocycles. The predicted molar refractivity (Wildman–Crippen MR) is 93.7 cm³/mol. The van der Waals surface area contributed by atoms with Gasteiger partial charge in [-0.2, -0.15) is 4.98 Å². The van der Waals surface area contributed by atoms with Gasteiger partial charge in [0.25, 0.3) is 0 Å². The summed E-state index contributed by atoms with van der Waals surface area (Å²) in [4.78, 5) is 9.27. The van der Waals surface area contributed by atoms with Crippen LogP contribution in [0.25, 0.3) is 11.6 Å². The first kappa shape index (κ1) is 16.1. The normalized spacial score (nSPS) is 16.4. The summed E-state index contributed by atoms with van der Waals surface area (Å²) >= 11 is 0. The molecule has 0 radical (unpaired) electrons. The van der Waals surface area contributed by atoms with Gasteiger partial charge in [0.05, 0.1) is 12.8 Å². The van der Waals surface area contributed by atoms with E-state index < -0.39 is 0 Å². The molecule has 0 N–H and O–H groups in total. The van der Waals surface area contributed by atoms with Crippen LogP contribution in [-0.2, 0) is 13.1 Å². The van der Waals surface area contributed by atoms with E-state index in [-0.39, 0.29) is 0 Å². The van der Waals surface area contributed by atoms with Gasteiger partial charge in [-0.15, -0.1) is 0 Å². The van der Waals surface area contributed by atoms with E-state index in [0.29, 0.717) is 24.0 Å². The van der Waals surface area contributed by atoms with Crippen LogP contribution in [0.15, 0.2) is 51.6 Å². The fourth-order valence-corrected chi connectivity index (χ4v) is 3.15. The molecule has 2 aromatic heterocycles. The van der Waals surface area contributed by atoms with Crippen molar-refractivity contribution in [3.05, 3.63) is 59.7 Å². The second kappa shape index (κ2) is 7.21. The summed E-state index contributed by atoms with van der Waals surface area (Å²) in [5, 5.41) is 3.99. The molecular formula is C19H22N4O2. The lowest BCUT2D eigenvalue weighted by Crippen LogP contribution is -2.45. The number of aromatic nitrogens is 2. The van der Waals surface area contributed by atoms with Gasteiger partial charge in [0.15, 0.2) is 5.76 Å². The number of rotatable bonds is 5. The third kappa shape index (κ3) is 3.81. The van der Waals surface area contributed by atoms with Crippen molar-refractivity contribution in [3.8, 4) is 11.6 Å². The first-order valence-corrected chi connectivity index (χ1v) is 8.63. The molecule has 3 aromatic rings. The van der Waals surface area contributed by atoms with Crippen LogP contribution in [0.3, 0.4) is 0 Å².